The van der Waals surface area contributed by atoms with Gasteiger partial charge < -0.3 is 15.0 Å². The molecule has 5 nitrogen and oxygen atoms in total. The Labute approximate surface area is 155 Å². The van der Waals surface area contributed by atoms with Crippen molar-refractivity contribution in [1.29, 1.82) is 0 Å². The molecule has 1 aliphatic rings. The number of aromatic nitrogens is 2. The molecule has 1 aliphatic carbocycles. The molecule has 3 rings (SSSR count). The van der Waals surface area contributed by atoms with Gasteiger partial charge in [-0.15, -0.1) is 12.4 Å². The molecule has 0 radical (unpaired) electrons. The van der Waals surface area contributed by atoms with Crippen LogP contribution in [0, 0.1) is 6.92 Å². The smallest absolute Gasteiger partial charge is 0.267 e. The summed E-state index contributed by atoms with van der Waals surface area (Å²) in [5, 5.41) is 4.10. The largest absolute Gasteiger partial charge is 0.481 e. The van der Waals surface area contributed by atoms with Crippen LogP contribution < -0.4 is 10.5 Å². The van der Waals surface area contributed by atoms with Gasteiger partial charge in [0, 0.05) is 0 Å². The van der Waals surface area contributed by atoms with Gasteiger partial charge in [-0.2, -0.15) is 4.98 Å². The fraction of sp³-hybridized carbons (Fsp3) is 0.579. The zero-order chi connectivity index (χ0) is 17.3. The molecule has 0 aliphatic heterocycles. The van der Waals surface area contributed by atoms with Gasteiger partial charge in [0.2, 0.25) is 0 Å². The molecule has 1 fully saturated rings. The summed E-state index contributed by atoms with van der Waals surface area (Å²) in [5.41, 5.74) is 8.52. The van der Waals surface area contributed by atoms with Crippen LogP contribution in [0.5, 0.6) is 5.75 Å². The summed E-state index contributed by atoms with van der Waals surface area (Å²) in [6.45, 7) is 8.41. The van der Waals surface area contributed by atoms with Gasteiger partial charge in [-0.3, -0.25) is 0 Å². The quantitative estimate of drug-likeness (QED) is 0.824. The minimum absolute atomic E-state index is 0. The van der Waals surface area contributed by atoms with E-state index in [1.165, 1.54) is 11.1 Å². The molecule has 1 heterocycles. The first-order valence-electron chi connectivity index (χ1n) is 8.79. The Bertz CT molecular complexity index is 708. The molecule has 6 heteroatoms. The lowest BCUT2D eigenvalue weighted by Gasteiger charge is -2.18. The standard InChI is InChI=1S/C19H27N3O2.ClH/c1-12(2)16-8-7-15(11-13(16)3)23-14(4)17-21-18(22-24-17)19(20)9-5-6-10-19;/h7-8,11-12,14H,5-6,9-10,20H2,1-4H3;1H. The van der Waals surface area contributed by atoms with Crippen molar-refractivity contribution >= 4 is 12.4 Å². The van der Waals surface area contributed by atoms with Gasteiger partial charge in [0.15, 0.2) is 11.9 Å². The Morgan fingerprint density at radius 3 is 2.48 bits per heavy atom. The highest BCUT2D eigenvalue weighted by molar-refractivity contribution is 5.85. The molecule has 138 valence electrons. The van der Waals surface area contributed by atoms with E-state index in [0.717, 1.165) is 31.4 Å². The van der Waals surface area contributed by atoms with Crippen LogP contribution in [0.3, 0.4) is 0 Å². The van der Waals surface area contributed by atoms with E-state index in [1.54, 1.807) is 0 Å². The molecular formula is C19H28ClN3O2. The molecule has 1 aromatic heterocycles. The van der Waals surface area contributed by atoms with Gasteiger partial charge in [0.1, 0.15) is 5.75 Å². The number of nitrogens with zero attached hydrogens (tertiary/aromatic N) is 2. The van der Waals surface area contributed by atoms with E-state index in [-0.39, 0.29) is 18.5 Å². The molecule has 1 atom stereocenters. The van der Waals surface area contributed by atoms with E-state index in [4.69, 9.17) is 15.0 Å². The number of ether oxygens (including phenoxy) is 1. The van der Waals surface area contributed by atoms with Crippen molar-refractivity contribution in [2.45, 2.75) is 70.9 Å². The third kappa shape index (κ3) is 4.15. The normalized spacial score (nSPS) is 17.4. The number of aryl methyl sites for hydroxylation is 1. The summed E-state index contributed by atoms with van der Waals surface area (Å²) in [6.07, 6.45) is 3.76. The van der Waals surface area contributed by atoms with Crippen LogP contribution >= 0.6 is 12.4 Å². The lowest BCUT2D eigenvalue weighted by molar-refractivity contribution is 0.175. The Hall–Kier alpha value is -1.59. The Morgan fingerprint density at radius 1 is 1.20 bits per heavy atom. The van der Waals surface area contributed by atoms with Crippen molar-refractivity contribution in [3.05, 3.63) is 41.0 Å². The highest BCUT2D eigenvalue weighted by Gasteiger charge is 2.36. The first kappa shape index (κ1) is 19.7. The second-order valence-corrected chi connectivity index (χ2v) is 7.25. The van der Waals surface area contributed by atoms with Crippen LogP contribution in [0.1, 0.15) is 81.3 Å². The molecule has 1 aromatic carbocycles. The van der Waals surface area contributed by atoms with Crippen molar-refractivity contribution in [2.75, 3.05) is 0 Å². The Balaban J connectivity index is 0.00000225. The number of hydrogen-bond acceptors (Lipinski definition) is 5. The predicted molar refractivity (Wildman–Crippen MR) is 100 cm³/mol. The van der Waals surface area contributed by atoms with Gasteiger partial charge in [0.25, 0.3) is 5.89 Å². The minimum Gasteiger partial charge on any atom is -0.481 e. The second-order valence-electron chi connectivity index (χ2n) is 7.25. The number of halogens is 1. The number of nitrogens with two attached hydrogens (primary N) is 1. The highest BCUT2D eigenvalue weighted by atomic mass is 35.5. The Morgan fingerprint density at radius 2 is 1.88 bits per heavy atom. The molecular weight excluding hydrogens is 338 g/mol. The van der Waals surface area contributed by atoms with Crippen molar-refractivity contribution in [3.63, 3.8) is 0 Å². The lowest BCUT2D eigenvalue weighted by atomic mass is 9.98. The van der Waals surface area contributed by atoms with Gasteiger partial charge in [-0.05, 0) is 55.9 Å². The predicted octanol–water partition coefficient (Wildman–Crippen LogP) is 4.79. The van der Waals surface area contributed by atoms with E-state index < -0.39 is 5.54 Å². The van der Waals surface area contributed by atoms with Crippen molar-refractivity contribution < 1.29 is 9.26 Å². The fourth-order valence-corrected chi connectivity index (χ4v) is 3.46. The molecule has 1 unspecified atom stereocenters. The zero-order valence-corrected chi connectivity index (χ0v) is 16.2. The van der Waals surface area contributed by atoms with Gasteiger partial charge in [0.05, 0.1) is 5.54 Å². The summed E-state index contributed by atoms with van der Waals surface area (Å²) in [6, 6.07) is 6.18. The molecule has 0 bridgehead atoms. The van der Waals surface area contributed by atoms with Crippen LogP contribution in [-0.2, 0) is 5.54 Å². The molecule has 0 spiro atoms. The summed E-state index contributed by atoms with van der Waals surface area (Å²) in [7, 11) is 0. The van der Waals surface area contributed by atoms with Crippen LogP contribution in [0.15, 0.2) is 22.7 Å². The van der Waals surface area contributed by atoms with Crippen LogP contribution in [0.2, 0.25) is 0 Å². The van der Waals surface area contributed by atoms with E-state index in [0.29, 0.717) is 17.6 Å². The third-order valence-corrected chi connectivity index (χ3v) is 4.91. The van der Waals surface area contributed by atoms with Gasteiger partial charge in [-0.25, -0.2) is 0 Å². The molecule has 2 aromatic rings. The van der Waals surface area contributed by atoms with E-state index in [9.17, 15) is 0 Å². The first-order valence-corrected chi connectivity index (χ1v) is 8.79. The monoisotopic (exact) mass is 365 g/mol. The molecule has 25 heavy (non-hydrogen) atoms. The molecule has 2 N–H and O–H groups in total. The minimum atomic E-state index is -0.434. The van der Waals surface area contributed by atoms with E-state index >= 15 is 0 Å². The average molecular weight is 366 g/mol. The summed E-state index contributed by atoms with van der Waals surface area (Å²) in [5.74, 6) is 2.40. The van der Waals surface area contributed by atoms with Crippen molar-refractivity contribution in [2.24, 2.45) is 5.73 Å². The third-order valence-electron chi connectivity index (χ3n) is 4.91. The second kappa shape index (κ2) is 7.75. The molecule has 0 amide bonds. The fourth-order valence-electron chi connectivity index (χ4n) is 3.46. The topological polar surface area (TPSA) is 74.2 Å². The lowest BCUT2D eigenvalue weighted by Crippen LogP contribution is -2.34. The van der Waals surface area contributed by atoms with Crippen LogP contribution in [0.4, 0.5) is 0 Å². The first-order chi connectivity index (χ1) is 11.4. The van der Waals surface area contributed by atoms with E-state index in [1.807, 2.05) is 13.0 Å². The molecule has 0 saturated heterocycles. The van der Waals surface area contributed by atoms with E-state index in [2.05, 4.69) is 43.0 Å². The Kier molecular flexibility index (Phi) is 6.12. The number of hydrogen-bond donors (Lipinski definition) is 1. The maximum atomic E-state index is 6.39. The summed E-state index contributed by atoms with van der Waals surface area (Å²) in [4.78, 5) is 4.50. The van der Waals surface area contributed by atoms with Gasteiger partial charge >= 0.3 is 0 Å². The number of rotatable bonds is 5. The van der Waals surface area contributed by atoms with Crippen molar-refractivity contribution in [1.82, 2.24) is 10.1 Å². The van der Waals surface area contributed by atoms with Gasteiger partial charge in [-0.1, -0.05) is 37.9 Å². The van der Waals surface area contributed by atoms with Crippen molar-refractivity contribution in [3.8, 4) is 5.75 Å². The average Bonchev–Trinajstić information content (AvgIpc) is 3.16. The maximum absolute atomic E-state index is 6.39. The zero-order valence-electron chi connectivity index (χ0n) is 15.4. The summed E-state index contributed by atoms with van der Waals surface area (Å²) >= 11 is 0. The van der Waals surface area contributed by atoms with Crippen LogP contribution in [0.25, 0.3) is 0 Å². The maximum Gasteiger partial charge on any atom is 0.267 e. The number of benzene rings is 1. The molecule has 1 saturated carbocycles. The summed E-state index contributed by atoms with van der Waals surface area (Å²) < 4.78 is 11.4. The highest BCUT2D eigenvalue weighted by Crippen LogP contribution is 2.35. The van der Waals surface area contributed by atoms with Crippen LogP contribution in [-0.4, -0.2) is 10.1 Å². The SMILES string of the molecule is Cc1cc(OC(C)c2nc(C3(N)CCCC3)no2)ccc1C(C)C.Cl.